The highest BCUT2D eigenvalue weighted by atomic mass is 16.1. The first-order chi connectivity index (χ1) is 15.6. The first kappa shape index (κ1) is 17.9. The molecule has 2 heterocycles. The van der Waals surface area contributed by atoms with Gasteiger partial charge in [-0.05, 0) is 35.0 Å². The Labute approximate surface area is 179 Å². The third-order valence-corrected chi connectivity index (χ3v) is 5.92. The number of hydrogen-bond acceptors (Lipinski definition) is 4. The van der Waals surface area contributed by atoms with Gasteiger partial charge in [0, 0.05) is 32.6 Å². The SMILES string of the molecule is N#Cc1cc2cccc3c(=O)/c(=c4/[nH]c5cc(C#N)cc6cccc(c4=O)c65)[nH]c(c1)c23. The number of aromatic amines is 2. The summed E-state index contributed by atoms with van der Waals surface area (Å²) < 4.78 is 0. The number of benzene rings is 4. The van der Waals surface area contributed by atoms with Crippen molar-refractivity contribution in [1.82, 2.24) is 9.97 Å². The fraction of sp³-hybridized carbons (Fsp3) is 0. The first-order valence-electron chi connectivity index (χ1n) is 9.90. The minimum atomic E-state index is -0.310. The first-order valence-corrected chi connectivity index (χ1v) is 9.90. The monoisotopic (exact) mass is 412 g/mol. The highest BCUT2D eigenvalue weighted by Crippen LogP contribution is 2.26. The van der Waals surface area contributed by atoms with Crippen LogP contribution in [0.2, 0.25) is 0 Å². The molecule has 6 rings (SSSR count). The van der Waals surface area contributed by atoms with Crippen molar-refractivity contribution in [2.45, 2.75) is 0 Å². The summed E-state index contributed by atoms with van der Waals surface area (Å²) in [6.45, 7) is 0. The zero-order valence-corrected chi connectivity index (χ0v) is 16.5. The third-order valence-electron chi connectivity index (χ3n) is 5.92. The van der Waals surface area contributed by atoms with E-state index in [1.54, 1.807) is 48.5 Å². The van der Waals surface area contributed by atoms with Crippen molar-refractivity contribution in [1.29, 1.82) is 10.5 Å². The molecule has 0 bridgehead atoms. The lowest BCUT2D eigenvalue weighted by Gasteiger charge is -2.08. The molecule has 0 saturated carbocycles. The third kappa shape index (κ3) is 2.32. The lowest BCUT2D eigenvalue weighted by Crippen LogP contribution is -2.14. The molecule has 0 saturated heterocycles. The average Bonchev–Trinajstić information content (AvgIpc) is 2.82. The second-order valence-electron chi connectivity index (χ2n) is 7.74. The van der Waals surface area contributed by atoms with Crippen molar-refractivity contribution in [2.75, 3.05) is 0 Å². The second kappa shape index (κ2) is 6.28. The van der Waals surface area contributed by atoms with Gasteiger partial charge in [0.2, 0.25) is 10.9 Å². The lowest BCUT2D eigenvalue weighted by molar-refractivity contribution is 1.17. The molecule has 0 radical (unpaired) electrons. The number of nitrogens with one attached hydrogen (secondary N) is 2. The van der Waals surface area contributed by atoms with Gasteiger partial charge in [-0.1, -0.05) is 36.4 Å². The van der Waals surface area contributed by atoms with E-state index in [9.17, 15) is 20.1 Å². The number of nitriles is 2. The van der Waals surface area contributed by atoms with Crippen LogP contribution in [-0.4, -0.2) is 9.97 Å². The van der Waals surface area contributed by atoms with Gasteiger partial charge < -0.3 is 9.97 Å². The molecule has 0 spiro atoms. The fourth-order valence-electron chi connectivity index (χ4n) is 4.56. The van der Waals surface area contributed by atoms with Gasteiger partial charge in [0.1, 0.15) is 10.7 Å². The maximum absolute atomic E-state index is 13.5. The van der Waals surface area contributed by atoms with Crippen LogP contribution in [0, 0.1) is 33.4 Å². The average molecular weight is 412 g/mol. The van der Waals surface area contributed by atoms with Gasteiger partial charge in [0.15, 0.2) is 0 Å². The molecule has 2 N–H and O–H groups in total. The zero-order valence-electron chi connectivity index (χ0n) is 16.5. The minimum Gasteiger partial charge on any atom is -0.350 e. The van der Waals surface area contributed by atoms with E-state index in [2.05, 4.69) is 22.1 Å². The summed E-state index contributed by atoms with van der Waals surface area (Å²) in [5, 5.41) is 23.0. The summed E-state index contributed by atoms with van der Waals surface area (Å²) in [5.74, 6) is 0. The van der Waals surface area contributed by atoms with Crippen molar-refractivity contribution >= 4 is 43.4 Å². The predicted octanol–water partition coefficient (Wildman–Crippen LogP) is 4.14. The smallest absolute Gasteiger partial charge is 0.212 e. The van der Waals surface area contributed by atoms with Crippen LogP contribution < -0.4 is 10.9 Å². The van der Waals surface area contributed by atoms with Crippen LogP contribution in [0.4, 0.5) is 0 Å². The van der Waals surface area contributed by atoms with Crippen molar-refractivity contribution in [3.05, 3.63) is 103 Å². The quantitative estimate of drug-likeness (QED) is 0.390. The highest BCUT2D eigenvalue weighted by molar-refractivity contribution is 6.10. The molecule has 4 aromatic carbocycles. The highest BCUT2D eigenvalue weighted by Gasteiger charge is 2.13. The van der Waals surface area contributed by atoms with E-state index in [1.165, 1.54) is 0 Å². The van der Waals surface area contributed by atoms with Crippen LogP contribution in [0.1, 0.15) is 11.1 Å². The summed E-state index contributed by atoms with van der Waals surface area (Å²) in [6.07, 6.45) is 0. The molecule has 6 aromatic rings. The molecule has 0 aliphatic carbocycles. The van der Waals surface area contributed by atoms with Gasteiger partial charge in [-0.2, -0.15) is 10.5 Å². The van der Waals surface area contributed by atoms with Crippen LogP contribution in [-0.2, 0) is 0 Å². The molecule has 32 heavy (non-hydrogen) atoms. The van der Waals surface area contributed by atoms with Crippen LogP contribution >= 0.6 is 0 Å². The summed E-state index contributed by atoms with van der Waals surface area (Å²) in [5.41, 5.74) is 1.48. The molecule has 148 valence electrons. The molecule has 0 fully saturated rings. The lowest BCUT2D eigenvalue weighted by atomic mass is 10.0. The Bertz CT molecular complexity index is 1900. The van der Waals surface area contributed by atoms with Crippen LogP contribution in [0.3, 0.4) is 0 Å². The Kier molecular flexibility index (Phi) is 3.51. The van der Waals surface area contributed by atoms with Crippen LogP contribution in [0.5, 0.6) is 0 Å². The van der Waals surface area contributed by atoms with Crippen molar-refractivity contribution < 1.29 is 0 Å². The zero-order chi connectivity index (χ0) is 22.0. The Morgan fingerprint density at radius 2 is 1.06 bits per heavy atom. The van der Waals surface area contributed by atoms with Crippen LogP contribution in [0.25, 0.3) is 43.4 Å². The van der Waals surface area contributed by atoms with Gasteiger partial charge in [0.25, 0.3) is 0 Å². The fourth-order valence-corrected chi connectivity index (χ4v) is 4.56. The summed E-state index contributed by atoms with van der Waals surface area (Å²) in [6, 6.07) is 21.8. The summed E-state index contributed by atoms with van der Waals surface area (Å²) in [7, 11) is 0. The van der Waals surface area contributed by atoms with E-state index in [-0.39, 0.29) is 21.6 Å². The minimum absolute atomic E-state index is 0.120. The molecule has 0 unspecified atom stereocenters. The van der Waals surface area contributed by atoms with E-state index in [4.69, 9.17) is 0 Å². The second-order valence-corrected chi connectivity index (χ2v) is 7.74. The molecule has 0 atom stereocenters. The van der Waals surface area contributed by atoms with Gasteiger partial charge >= 0.3 is 0 Å². The van der Waals surface area contributed by atoms with E-state index in [1.807, 2.05) is 12.1 Å². The molecular formula is C26H12N4O2. The maximum atomic E-state index is 13.5. The van der Waals surface area contributed by atoms with Gasteiger partial charge in [-0.3, -0.25) is 9.59 Å². The number of aromatic nitrogens is 2. The van der Waals surface area contributed by atoms with Crippen molar-refractivity contribution in [3.8, 4) is 12.1 Å². The molecular weight excluding hydrogens is 400 g/mol. The number of pyridine rings is 2. The summed E-state index contributed by atoms with van der Waals surface area (Å²) in [4.78, 5) is 33.1. The van der Waals surface area contributed by atoms with Crippen LogP contribution in [0.15, 0.2) is 70.3 Å². The normalized spacial score (nSPS) is 12.4. The molecule has 0 aliphatic heterocycles. The Morgan fingerprint density at radius 3 is 1.47 bits per heavy atom. The molecule has 0 amide bonds. The van der Waals surface area contributed by atoms with Crippen molar-refractivity contribution in [2.24, 2.45) is 0 Å². The van der Waals surface area contributed by atoms with E-state index in [0.717, 1.165) is 21.5 Å². The topological polar surface area (TPSA) is 113 Å². The molecule has 6 nitrogen and oxygen atoms in total. The van der Waals surface area contributed by atoms with Gasteiger partial charge in [0.05, 0.1) is 23.3 Å². The van der Waals surface area contributed by atoms with E-state index >= 15 is 0 Å². The Hall–Kier alpha value is -4.94. The van der Waals surface area contributed by atoms with Gasteiger partial charge in [-0.25, -0.2) is 0 Å². The van der Waals surface area contributed by atoms with E-state index < -0.39 is 0 Å². The number of H-pyrrole nitrogens is 2. The molecule has 2 aromatic heterocycles. The maximum Gasteiger partial charge on any atom is 0.212 e. The number of nitrogens with zero attached hydrogens (tertiary/aromatic N) is 2. The Balaban J connectivity index is 1.94. The van der Waals surface area contributed by atoms with E-state index in [0.29, 0.717) is 32.9 Å². The largest absolute Gasteiger partial charge is 0.350 e. The summed E-state index contributed by atoms with van der Waals surface area (Å²) >= 11 is 0. The molecule has 0 aliphatic rings. The standard InChI is InChI=1S/C26H12N4O2/c27-11-13-7-15-3-1-5-17-21(15)19(9-13)29-23(25(17)31)24-26(32)18-6-2-4-16-8-14(12-28)10-20(30-24)22(16)18/h1-10,29-30H/b24-23-. The number of rotatable bonds is 0. The van der Waals surface area contributed by atoms with Gasteiger partial charge in [-0.15, -0.1) is 0 Å². The predicted molar refractivity (Wildman–Crippen MR) is 122 cm³/mol. The Morgan fingerprint density at radius 1 is 0.625 bits per heavy atom. The van der Waals surface area contributed by atoms with Crippen molar-refractivity contribution in [3.63, 3.8) is 0 Å². The molecule has 6 heteroatoms. The number of hydrogen-bond donors (Lipinski definition) is 2.